The summed E-state index contributed by atoms with van der Waals surface area (Å²) in [5, 5.41) is 2.83. The Hall–Kier alpha value is -3.02. The van der Waals surface area contributed by atoms with Crippen LogP contribution in [0.2, 0.25) is 0 Å². The second-order valence-corrected chi connectivity index (χ2v) is 5.25. The third-order valence-electron chi connectivity index (χ3n) is 3.51. The summed E-state index contributed by atoms with van der Waals surface area (Å²) in [5.41, 5.74) is 1.58. The maximum absolute atomic E-state index is 12.0. The molecule has 1 N–H and O–H groups in total. The van der Waals surface area contributed by atoms with Crippen LogP contribution in [0.3, 0.4) is 0 Å². The van der Waals surface area contributed by atoms with Gasteiger partial charge in [-0.2, -0.15) is 0 Å². The maximum atomic E-state index is 12.0. The summed E-state index contributed by atoms with van der Waals surface area (Å²) in [5.74, 6) is 1.45. The van der Waals surface area contributed by atoms with Crippen molar-refractivity contribution in [2.45, 2.75) is 6.42 Å². The summed E-state index contributed by atoms with van der Waals surface area (Å²) in [6, 6.07) is 13.1. The summed E-state index contributed by atoms with van der Waals surface area (Å²) in [6.45, 7) is 0.849. The molecule has 3 aromatic rings. The van der Waals surface area contributed by atoms with Gasteiger partial charge in [0.25, 0.3) is 0 Å². The lowest BCUT2D eigenvalue weighted by molar-refractivity contribution is -0.120. The molecule has 1 amide bonds. The number of fused-ring (bicyclic) bond motifs is 1. The van der Waals surface area contributed by atoms with Crippen LogP contribution in [0.25, 0.3) is 5.65 Å². The molecule has 0 unspecified atom stereocenters. The normalized spacial score (nSPS) is 10.5. The highest BCUT2D eigenvalue weighted by Gasteiger charge is 2.07. The van der Waals surface area contributed by atoms with Gasteiger partial charge in [-0.1, -0.05) is 6.07 Å². The number of methoxy groups -OCH3 is 1. The third kappa shape index (κ3) is 4.04. The summed E-state index contributed by atoms with van der Waals surface area (Å²) < 4.78 is 12.5. The van der Waals surface area contributed by atoms with Gasteiger partial charge in [0.05, 0.1) is 25.8 Å². The number of imidazole rings is 1. The first-order chi connectivity index (χ1) is 11.7. The summed E-state index contributed by atoms with van der Waals surface area (Å²) in [4.78, 5) is 16.4. The SMILES string of the molecule is COc1ccc(OCCNC(=O)Cc2cn3ccccc3n2)cc1. The largest absolute Gasteiger partial charge is 0.497 e. The van der Waals surface area contributed by atoms with E-state index in [1.54, 1.807) is 7.11 Å². The van der Waals surface area contributed by atoms with Gasteiger partial charge in [0.1, 0.15) is 23.8 Å². The number of carbonyl (C=O) groups excluding carboxylic acids is 1. The summed E-state index contributed by atoms with van der Waals surface area (Å²) in [7, 11) is 1.62. The standard InChI is InChI=1S/C18H19N3O3/c1-23-15-5-7-16(8-6-15)24-11-9-19-18(22)12-14-13-21-10-3-2-4-17(21)20-14/h2-8,10,13H,9,11-12H2,1H3,(H,19,22). The van der Waals surface area contributed by atoms with E-state index in [0.717, 1.165) is 22.8 Å². The minimum absolute atomic E-state index is 0.0725. The highest BCUT2D eigenvalue weighted by molar-refractivity contribution is 5.78. The molecule has 0 aliphatic rings. The van der Waals surface area contributed by atoms with Gasteiger partial charge in [-0.25, -0.2) is 4.98 Å². The van der Waals surface area contributed by atoms with E-state index >= 15 is 0 Å². The number of amides is 1. The van der Waals surface area contributed by atoms with E-state index in [9.17, 15) is 4.79 Å². The van der Waals surface area contributed by atoms with E-state index in [0.29, 0.717) is 13.2 Å². The molecule has 2 heterocycles. The average molecular weight is 325 g/mol. The van der Waals surface area contributed by atoms with Crippen LogP contribution in [0.5, 0.6) is 11.5 Å². The molecule has 0 atom stereocenters. The third-order valence-corrected chi connectivity index (χ3v) is 3.51. The number of nitrogens with zero attached hydrogens (tertiary/aromatic N) is 2. The first-order valence-electron chi connectivity index (χ1n) is 7.71. The molecule has 0 saturated carbocycles. The minimum atomic E-state index is -0.0725. The quantitative estimate of drug-likeness (QED) is 0.676. The van der Waals surface area contributed by atoms with Crippen molar-refractivity contribution < 1.29 is 14.3 Å². The number of ether oxygens (including phenoxy) is 2. The topological polar surface area (TPSA) is 64.9 Å². The van der Waals surface area contributed by atoms with Gasteiger partial charge in [-0.3, -0.25) is 4.79 Å². The molecule has 6 heteroatoms. The molecule has 0 aliphatic carbocycles. The fraction of sp³-hybridized carbons (Fsp3) is 0.222. The fourth-order valence-corrected chi connectivity index (χ4v) is 2.33. The Bertz CT molecular complexity index is 779. The Morgan fingerprint density at radius 1 is 1.17 bits per heavy atom. The zero-order chi connectivity index (χ0) is 16.8. The number of rotatable bonds is 7. The van der Waals surface area contributed by atoms with Crippen molar-refractivity contribution in [1.82, 2.24) is 14.7 Å². The first kappa shape index (κ1) is 15.9. The molecular weight excluding hydrogens is 306 g/mol. The van der Waals surface area contributed by atoms with Crippen LogP contribution in [0.1, 0.15) is 5.69 Å². The molecule has 0 saturated heterocycles. The van der Waals surface area contributed by atoms with Crippen LogP contribution in [-0.4, -0.2) is 35.6 Å². The van der Waals surface area contributed by atoms with Crippen LogP contribution in [0.4, 0.5) is 0 Å². The van der Waals surface area contributed by atoms with E-state index in [-0.39, 0.29) is 12.3 Å². The van der Waals surface area contributed by atoms with Crippen LogP contribution in [0, 0.1) is 0 Å². The average Bonchev–Trinajstić information content (AvgIpc) is 3.01. The lowest BCUT2D eigenvalue weighted by atomic mass is 10.3. The molecule has 124 valence electrons. The second kappa shape index (κ2) is 7.50. The van der Waals surface area contributed by atoms with Gasteiger partial charge < -0.3 is 19.2 Å². The van der Waals surface area contributed by atoms with Crippen LogP contribution in [-0.2, 0) is 11.2 Å². The fourth-order valence-electron chi connectivity index (χ4n) is 2.33. The van der Waals surface area contributed by atoms with Gasteiger partial charge in [-0.05, 0) is 36.4 Å². The Labute approximate surface area is 140 Å². The Morgan fingerprint density at radius 3 is 2.71 bits per heavy atom. The molecule has 0 fully saturated rings. The van der Waals surface area contributed by atoms with Crippen LogP contribution >= 0.6 is 0 Å². The van der Waals surface area contributed by atoms with E-state index in [1.165, 1.54) is 0 Å². The molecule has 0 spiro atoms. The predicted octanol–water partition coefficient (Wildman–Crippen LogP) is 2.08. The number of pyridine rings is 1. The minimum Gasteiger partial charge on any atom is -0.497 e. The van der Waals surface area contributed by atoms with Crippen LogP contribution in [0.15, 0.2) is 54.9 Å². The number of benzene rings is 1. The van der Waals surface area contributed by atoms with Gasteiger partial charge >= 0.3 is 0 Å². The molecule has 2 aromatic heterocycles. The zero-order valence-corrected chi connectivity index (χ0v) is 13.4. The summed E-state index contributed by atoms with van der Waals surface area (Å²) in [6.07, 6.45) is 4.03. The van der Waals surface area contributed by atoms with E-state index in [2.05, 4.69) is 10.3 Å². The Kier molecular flexibility index (Phi) is 4.96. The monoisotopic (exact) mass is 325 g/mol. The van der Waals surface area contributed by atoms with Crippen molar-refractivity contribution in [3.63, 3.8) is 0 Å². The van der Waals surface area contributed by atoms with E-state index in [1.807, 2.05) is 59.3 Å². The number of hydrogen-bond acceptors (Lipinski definition) is 4. The molecule has 0 bridgehead atoms. The molecule has 0 radical (unpaired) electrons. The van der Waals surface area contributed by atoms with Crippen molar-refractivity contribution >= 4 is 11.6 Å². The highest BCUT2D eigenvalue weighted by Crippen LogP contribution is 2.16. The van der Waals surface area contributed by atoms with Crippen LogP contribution < -0.4 is 14.8 Å². The number of carbonyl (C=O) groups is 1. The maximum Gasteiger partial charge on any atom is 0.226 e. The van der Waals surface area contributed by atoms with E-state index < -0.39 is 0 Å². The van der Waals surface area contributed by atoms with Gasteiger partial charge in [0, 0.05) is 12.4 Å². The van der Waals surface area contributed by atoms with Crippen molar-refractivity contribution in [3.8, 4) is 11.5 Å². The lowest BCUT2D eigenvalue weighted by Crippen LogP contribution is -2.29. The molecule has 24 heavy (non-hydrogen) atoms. The Morgan fingerprint density at radius 2 is 1.96 bits per heavy atom. The molecule has 0 aliphatic heterocycles. The Balaban J connectivity index is 1.42. The van der Waals surface area contributed by atoms with Crippen molar-refractivity contribution in [1.29, 1.82) is 0 Å². The number of hydrogen-bond donors (Lipinski definition) is 1. The molecule has 3 rings (SSSR count). The van der Waals surface area contributed by atoms with Crippen molar-refractivity contribution in [3.05, 3.63) is 60.6 Å². The smallest absolute Gasteiger partial charge is 0.226 e. The van der Waals surface area contributed by atoms with Gasteiger partial charge in [0.15, 0.2) is 0 Å². The van der Waals surface area contributed by atoms with Gasteiger partial charge in [-0.15, -0.1) is 0 Å². The zero-order valence-electron chi connectivity index (χ0n) is 13.4. The molecule has 6 nitrogen and oxygen atoms in total. The number of aromatic nitrogens is 2. The lowest BCUT2D eigenvalue weighted by Gasteiger charge is -2.08. The number of nitrogens with one attached hydrogen (secondary N) is 1. The van der Waals surface area contributed by atoms with Gasteiger partial charge in [0.2, 0.25) is 5.91 Å². The van der Waals surface area contributed by atoms with Crippen molar-refractivity contribution in [2.24, 2.45) is 0 Å². The summed E-state index contributed by atoms with van der Waals surface area (Å²) >= 11 is 0. The second-order valence-electron chi connectivity index (χ2n) is 5.25. The first-order valence-corrected chi connectivity index (χ1v) is 7.71. The van der Waals surface area contributed by atoms with Crippen molar-refractivity contribution in [2.75, 3.05) is 20.3 Å². The predicted molar refractivity (Wildman–Crippen MR) is 90.4 cm³/mol. The highest BCUT2D eigenvalue weighted by atomic mass is 16.5. The molecule has 1 aromatic carbocycles. The molecular formula is C18H19N3O3. The van der Waals surface area contributed by atoms with E-state index in [4.69, 9.17) is 9.47 Å².